The highest BCUT2D eigenvalue weighted by Crippen LogP contribution is 2.29. The maximum atomic E-state index is 14.2. The monoisotopic (exact) mass is 322 g/mol. The van der Waals surface area contributed by atoms with Crippen LogP contribution in [0, 0.1) is 11.7 Å². The Morgan fingerprint density at radius 1 is 1.17 bits per heavy atom. The molecule has 5 heteroatoms. The molecule has 3 fully saturated rings. The van der Waals surface area contributed by atoms with Crippen LogP contribution in [-0.2, 0) is 11.3 Å². The lowest BCUT2D eigenvalue weighted by molar-refractivity contribution is 0.0867. The summed E-state index contributed by atoms with van der Waals surface area (Å²) in [5.41, 5.74) is 0.760. The van der Waals surface area contributed by atoms with Crippen molar-refractivity contribution in [2.75, 3.05) is 47.0 Å². The first kappa shape index (κ1) is 16.7. The minimum Gasteiger partial charge on any atom is -0.497 e. The van der Waals surface area contributed by atoms with Gasteiger partial charge in [-0.2, -0.15) is 0 Å². The molecule has 1 aromatic rings. The van der Waals surface area contributed by atoms with E-state index >= 15 is 0 Å². The van der Waals surface area contributed by atoms with E-state index in [1.807, 2.05) is 12.1 Å². The summed E-state index contributed by atoms with van der Waals surface area (Å²) in [4.78, 5) is 4.97. The highest BCUT2D eigenvalue weighted by Gasteiger charge is 2.34. The third-order valence-electron chi connectivity index (χ3n) is 5.14. The number of nitrogens with zero attached hydrogens (tertiary/aromatic N) is 2. The zero-order chi connectivity index (χ0) is 16.2. The standard InChI is InChI=1S/C18H27FN2O2/c1-22-8-7-21-11-14-3-5-16(21)13-20(10-14)12-15-4-6-17(23-2)9-18(15)19/h4,6,9,14,16H,3,5,7-8,10-13H2,1-2H3/t14-,16+/m0/s1. The van der Waals surface area contributed by atoms with Crippen LogP contribution < -0.4 is 4.74 Å². The number of hydrogen-bond donors (Lipinski definition) is 0. The number of fused-ring (bicyclic) bond motifs is 4. The molecular weight excluding hydrogens is 295 g/mol. The van der Waals surface area contributed by atoms with Gasteiger partial charge in [0.05, 0.1) is 13.7 Å². The Balaban J connectivity index is 1.65. The van der Waals surface area contributed by atoms with Crippen LogP contribution in [0.3, 0.4) is 0 Å². The van der Waals surface area contributed by atoms with Gasteiger partial charge in [-0.05, 0) is 24.8 Å². The van der Waals surface area contributed by atoms with Crippen molar-refractivity contribution in [3.8, 4) is 5.75 Å². The molecule has 3 heterocycles. The molecule has 0 N–H and O–H groups in total. The van der Waals surface area contributed by atoms with Crippen molar-refractivity contribution in [2.24, 2.45) is 5.92 Å². The SMILES string of the molecule is COCCN1C[C@H]2CC[C@@H]1CN(Cc1ccc(OC)cc1F)C2. The molecule has 128 valence electrons. The van der Waals surface area contributed by atoms with E-state index in [0.29, 0.717) is 24.3 Å². The lowest BCUT2D eigenvalue weighted by Gasteiger charge is -2.35. The molecule has 0 aromatic heterocycles. The molecule has 0 radical (unpaired) electrons. The normalized spacial score (nSPS) is 25.5. The number of hydrogen-bond acceptors (Lipinski definition) is 4. The topological polar surface area (TPSA) is 24.9 Å². The number of rotatable bonds is 6. The van der Waals surface area contributed by atoms with E-state index in [4.69, 9.17) is 9.47 Å². The van der Waals surface area contributed by atoms with Gasteiger partial charge in [0.15, 0.2) is 0 Å². The van der Waals surface area contributed by atoms with Crippen molar-refractivity contribution in [1.82, 2.24) is 9.80 Å². The van der Waals surface area contributed by atoms with Crippen molar-refractivity contribution in [3.05, 3.63) is 29.6 Å². The predicted octanol–water partition coefficient (Wildman–Crippen LogP) is 2.38. The zero-order valence-electron chi connectivity index (χ0n) is 14.1. The van der Waals surface area contributed by atoms with Crippen LogP contribution in [0.2, 0.25) is 0 Å². The van der Waals surface area contributed by atoms with E-state index in [-0.39, 0.29) is 5.82 Å². The fraction of sp³-hybridized carbons (Fsp3) is 0.667. The molecule has 0 aliphatic carbocycles. The third-order valence-corrected chi connectivity index (χ3v) is 5.14. The fourth-order valence-electron chi connectivity index (χ4n) is 3.91. The average Bonchev–Trinajstić information content (AvgIpc) is 2.85. The second kappa shape index (κ2) is 7.60. The predicted molar refractivity (Wildman–Crippen MR) is 88.2 cm³/mol. The lowest BCUT2D eigenvalue weighted by Crippen LogP contribution is -2.45. The molecule has 2 bridgehead atoms. The summed E-state index contributed by atoms with van der Waals surface area (Å²) in [6.07, 6.45) is 2.53. The van der Waals surface area contributed by atoms with Gasteiger partial charge in [-0.3, -0.25) is 9.80 Å². The summed E-state index contributed by atoms with van der Waals surface area (Å²) in [5.74, 6) is 1.09. The summed E-state index contributed by atoms with van der Waals surface area (Å²) in [6.45, 7) is 5.70. The third kappa shape index (κ3) is 4.03. The molecule has 3 saturated heterocycles. The van der Waals surface area contributed by atoms with Gasteiger partial charge in [0.1, 0.15) is 11.6 Å². The number of ether oxygens (including phenoxy) is 2. The summed E-state index contributed by atoms with van der Waals surface area (Å²) < 4.78 is 24.5. The van der Waals surface area contributed by atoms with E-state index in [9.17, 15) is 4.39 Å². The summed E-state index contributed by atoms with van der Waals surface area (Å²) in [5, 5.41) is 0. The molecule has 2 atom stereocenters. The molecule has 0 spiro atoms. The second-order valence-corrected chi connectivity index (χ2v) is 6.74. The van der Waals surface area contributed by atoms with Crippen LogP contribution in [0.1, 0.15) is 18.4 Å². The Kier molecular flexibility index (Phi) is 5.51. The Labute approximate surface area is 138 Å². The Morgan fingerprint density at radius 2 is 2.04 bits per heavy atom. The molecule has 3 aliphatic heterocycles. The van der Waals surface area contributed by atoms with Gasteiger partial charge in [0, 0.05) is 57.5 Å². The van der Waals surface area contributed by atoms with E-state index in [2.05, 4.69) is 9.80 Å². The molecular formula is C18H27FN2O2. The number of halogens is 1. The minimum atomic E-state index is -0.169. The summed E-state index contributed by atoms with van der Waals surface area (Å²) in [7, 11) is 3.32. The fourth-order valence-corrected chi connectivity index (χ4v) is 3.91. The van der Waals surface area contributed by atoms with E-state index in [0.717, 1.165) is 38.3 Å². The number of piperidine rings is 1. The van der Waals surface area contributed by atoms with Gasteiger partial charge >= 0.3 is 0 Å². The minimum absolute atomic E-state index is 0.169. The quantitative estimate of drug-likeness (QED) is 0.803. The van der Waals surface area contributed by atoms with Crippen molar-refractivity contribution in [3.63, 3.8) is 0 Å². The molecule has 23 heavy (non-hydrogen) atoms. The van der Waals surface area contributed by atoms with Gasteiger partial charge in [-0.15, -0.1) is 0 Å². The van der Waals surface area contributed by atoms with Gasteiger partial charge in [-0.25, -0.2) is 4.39 Å². The maximum absolute atomic E-state index is 14.2. The first-order valence-corrected chi connectivity index (χ1v) is 8.47. The van der Waals surface area contributed by atoms with Gasteiger partial charge in [-0.1, -0.05) is 6.07 Å². The van der Waals surface area contributed by atoms with Crippen molar-refractivity contribution >= 4 is 0 Å². The van der Waals surface area contributed by atoms with Crippen LogP contribution in [0.15, 0.2) is 18.2 Å². The Bertz CT molecular complexity index is 526. The Hall–Kier alpha value is -1.17. The van der Waals surface area contributed by atoms with E-state index in [1.54, 1.807) is 14.2 Å². The lowest BCUT2D eigenvalue weighted by atomic mass is 9.95. The largest absolute Gasteiger partial charge is 0.497 e. The molecule has 0 saturated carbocycles. The molecule has 4 rings (SSSR count). The number of methoxy groups -OCH3 is 2. The van der Waals surface area contributed by atoms with Crippen molar-refractivity contribution in [2.45, 2.75) is 25.4 Å². The van der Waals surface area contributed by atoms with Crippen molar-refractivity contribution in [1.29, 1.82) is 0 Å². The molecule has 0 amide bonds. The van der Waals surface area contributed by atoms with Gasteiger partial charge in [0.2, 0.25) is 0 Å². The molecule has 1 aromatic carbocycles. The van der Waals surface area contributed by atoms with E-state index < -0.39 is 0 Å². The molecule has 3 aliphatic rings. The van der Waals surface area contributed by atoms with Gasteiger partial charge in [0.25, 0.3) is 0 Å². The smallest absolute Gasteiger partial charge is 0.131 e. The first-order chi connectivity index (χ1) is 11.2. The second-order valence-electron chi connectivity index (χ2n) is 6.74. The van der Waals surface area contributed by atoms with E-state index in [1.165, 1.54) is 18.9 Å². The Morgan fingerprint density at radius 3 is 2.78 bits per heavy atom. The molecule has 4 nitrogen and oxygen atoms in total. The summed E-state index contributed by atoms with van der Waals surface area (Å²) in [6, 6.07) is 5.75. The summed E-state index contributed by atoms with van der Waals surface area (Å²) >= 11 is 0. The first-order valence-electron chi connectivity index (χ1n) is 8.47. The highest BCUT2D eigenvalue weighted by atomic mass is 19.1. The molecule has 0 unspecified atom stereocenters. The van der Waals surface area contributed by atoms with Crippen LogP contribution in [-0.4, -0.2) is 62.8 Å². The zero-order valence-corrected chi connectivity index (χ0v) is 14.1. The highest BCUT2D eigenvalue weighted by molar-refractivity contribution is 5.28. The maximum Gasteiger partial charge on any atom is 0.131 e. The van der Waals surface area contributed by atoms with Crippen LogP contribution >= 0.6 is 0 Å². The van der Waals surface area contributed by atoms with Crippen LogP contribution in [0.25, 0.3) is 0 Å². The van der Waals surface area contributed by atoms with Crippen LogP contribution in [0.4, 0.5) is 4.39 Å². The van der Waals surface area contributed by atoms with Crippen LogP contribution in [0.5, 0.6) is 5.75 Å². The van der Waals surface area contributed by atoms with Gasteiger partial charge < -0.3 is 9.47 Å². The average molecular weight is 322 g/mol. The number of benzene rings is 1. The van der Waals surface area contributed by atoms with Crippen molar-refractivity contribution < 1.29 is 13.9 Å².